The molecule has 1 amide bonds. The summed E-state index contributed by atoms with van der Waals surface area (Å²) < 4.78 is 1.53. The maximum Gasteiger partial charge on any atom is 0.261 e. The number of nitrogens with zero attached hydrogens (tertiary/aromatic N) is 3. The molecule has 1 aromatic heterocycles. The fraction of sp³-hybridized carbons (Fsp3) is 0.318. The van der Waals surface area contributed by atoms with E-state index in [4.69, 9.17) is 11.6 Å². The van der Waals surface area contributed by atoms with E-state index in [0.717, 1.165) is 12.0 Å². The molecule has 3 aromatic rings. The molecule has 0 aliphatic rings. The van der Waals surface area contributed by atoms with Crippen LogP contribution in [-0.4, -0.2) is 26.9 Å². The van der Waals surface area contributed by atoms with E-state index in [1.165, 1.54) is 4.57 Å². The SMILES string of the molecule is CCC(=O)N(CCc1ccccc1)C(C)c1nc2cc(Cl)ccc2c(=O)n1C. The fourth-order valence-electron chi connectivity index (χ4n) is 3.41. The summed E-state index contributed by atoms with van der Waals surface area (Å²) in [7, 11) is 1.70. The van der Waals surface area contributed by atoms with Crippen molar-refractivity contribution in [1.82, 2.24) is 14.5 Å². The van der Waals surface area contributed by atoms with Crippen LogP contribution in [0.2, 0.25) is 5.02 Å². The molecule has 1 heterocycles. The van der Waals surface area contributed by atoms with Crippen LogP contribution in [-0.2, 0) is 18.3 Å². The Balaban J connectivity index is 1.98. The van der Waals surface area contributed by atoms with Gasteiger partial charge in [-0.1, -0.05) is 48.9 Å². The summed E-state index contributed by atoms with van der Waals surface area (Å²) in [5.41, 5.74) is 1.57. The van der Waals surface area contributed by atoms with E-state index in [1.807, 2.05) is 44.2 Å². The number of hydrogen-bond donors (Lipinski definition) is 0. The summed E-state index contributed by atoms with van der Waals surface area (Å²) in [5.74, 6) is 0.582. The summed E-state index contributed by atoms with van der Waals surface area (Å²) >= 11 is 6.08. The first kappa shape index (κ1) is 20.1. The number of hydrogen-bond acceptors (Lipinski definition) is 3. The summed E-state index contributed by atoms with van der Waals surface area (Å²) in [6.45, 7) is 4.31. The summed E-state index contributed by atoms with van der Waals surface area (Å²) in [6, 6.07) is 14.8. The average Bonchev–Trinajstić information content (AvgIpc) is 2.71. The first-order valence-corrected chi connectivity index (χ1v) is 9.79. The smallest absolute Gasteiger partial charge is 0.261 e. The number of rotatable bonds is 6. The first-order valence-electron chi connectivity index (χ1n) is 9.42. The molecule has 2 aromatic carbocycles. The number of benzene rings is 2. The Morgan fingerprint density at radius 2 is 1.93 bits per heavy atom. The minimum Gasteiger partial charge on any atom is -0.332 e. The van der Waals surface area contributed by atoms with Crippen molar-refractivity contribution in [3.63, 3.8) is 0 Å². The van der Waals surface area contributed by atoms with E-state index in [-0.39, 0.29) is 17.5 Å². The van der Waals surface area contributed by atoms with Gasteiger partial charge in [-0.05, 0) is 37.1 Å². The zero-order valence-corrected chi connectivity index (χ0v) is 17.1. The summed E-state index contributed by atoms with van der Waals surface area (Å²) in [6.07, 6.45) is 1.14. The van der Waals surface area contributed by atoms with Crippen LogP contribution in [0.5, 0.6) is 0 Å². The maximum atomic E-state index is 12.8. The van der Waals surface area contributed by atoms with Crippen LogP contribution in [0.1, 0.15) is 37.7 Å². The Bertz CT molecular complexity index is 1050. The second-order valence-corrected chi connectivity index (χ2v) is 7.28. The van der Waals surface area contributed by atoms with E-state index in [2.05, 4.69) is 4.98 Å². The van der Waals surface area contributed by atoms with Gasteiger partial charge in [0.2, 0.25) is 5.91 Å². The summed E-state index contributed by atoms with van der Waals surface area (Å²) in [5, 5.41) is 1.04. The predicted molar refractivity (Wildman–Crippen MR) is 113 cm³/mol. The maximum absolute atomic E-state index is 12.8. The van der Waals surface area contributed by atoms with Gasteiger partial charge in [-0.25, -0.2) is 4.98 Å². The first-order chi connectivity index (χ1) is 13.4. The highest BCUT2D eigenvalue weighted by molar-refractivity contribution is 6.31. The number of amides is 1. The van der Waals surface area contributed by atoms with Crippen LogP contribution in [0.3, 0.4) is 0 Å². The number of carbonyl (C=O) groups excluding carboxylic acids is 1. The molecule has 0 saturated carbocycles. The van der Waals surface area contributed by atoms with Crippen molar-refractivity contribution in [2.45, 2.75) is 32.7 Å². The minimum atomic E-state index is -0.336. The van der Waals surface area contributed by atoms with Crippen LogP contribution < -0.4 is 5.56 Å². The van der Waals surface area contributed by atoms with Gasteiger partial charge in [0.25, 0.3) is 5.56 Å². The second kappa shape index (κ2) is 8.57. The molecule has 0 radical (unpaired) electrons. The molecule has 6 heteroatoms. The Morgan fingerprint density at radius 1 is 1.21 bits per heavy atom. The third-order valence-corrected chi connectivity index (χ3v) is 5.26. The molecular weight excluding hydrogens is 374 g/mol. The summed E-state index contributed by atoms with van der Waals surface area (Å²) in [4.78, 5) is 31.9. The van der Waals surface area contributed by atoms with Crippen molar-refractivity contribution in [3.05, 3.63) is 75.3 Å². The number of carbonyl (C=O) groups is 1. The third-order valence-electron chi connectivity index (χ3n) is 5.02. The van der Waals surface area contributed by atoms with Crippen LogP contribution in [0.15, 0.2) is 53.3 Å². The molecule has 3 rings (SSSR count). The average molecular weight is 398 g/mol. The van der Waals surface area contributed by atoms with Crippen molar-refractivity contribution in [2.75, 3.05) is 6.54 Å². The second-order valence-electron chi connectivity index (χ2n) is 6.85. The number of fused-ring (bicyclic) bond motifs is 1. The number of halogens is 1. The highest BCUT2D eigenvalue weighted by Gasteiger charge is 2.24. The molecule has 0 fully saturated rings. The predicted octanol–water partition coefficient (Wildman–Crippen LogP) is 4.13. The highest BCUT2D eigenvalue weighted by Crippen LogP contribution is 2.22. The Morgan fingerprint density at radius 3 is 2.61 bits per heavy atom. The molecule has 0 aliphatic heterocycles. The van der Waals surface area contributed by atoms with Crippen molar-refractivity contribution < 1.29 is 4.79 Å². The molecule has 0 N–H and O–H groups in total. The zero-order valence-electron chi connectivity index (χ0n) is 16.4. The molecular formula is C22H24ClN3O2. The molecule has 5 nitrogen and oxygen atoms in total. The Labute approximate surface area is 169 Å². The molecule has 0 spiro atoms. The lowest BCUT2D eigenvalue weighted by Gasteiger charge is -2.30. The number of aromatic nitrogens is 2. The van der Waals surface area contributed by atoms with Gasteiger partial charge in [0.1, 0.15) is 5.82 Å². The fourth-order valence-corrected chi connectivity index (χ4v) is 3.57. The van der Waals surface area contributed by atoms with Gasteiger partial charge in [0, 0.05) is 25.0 Å². The van der Waals surface area contributed by atoms with E-state index in [1.54, 1.807) is 30.1 Å². The van der Waals surface area contributed by atoms with Gasteiger partial charge in [0.05, 0.1) is 16.9 Å². The lowest BCUT2D eigenvalue weighted by molar-refractivity contribution is -0.133. The highest BCUT2D eigenvalue weighted by atomic mass is 35.5. The Hall–Kier alpha value is -2.66. The quantitative estimate of drug-likeness (QED) is 0.628. The lowest BCUT2D eigenvalue weighted by atomic mass is 10.1. The molecule has 1 atom stereocenters. The molecule has 0 aliphatic carbocycles. The van der Waals surface area contributed by atoms with E-state index < -0.39 is 0 Å². The van der Waals surface area contributed by atoms with Gasteiger partial charge >= 0.3 is 0 Å². The van der Waals surface area contributed by atoms with Gasteiger partial charge in [-0.3, -0.25) is 14.2 Å². The van der Waals surface area contributed by atoms with Crippen molar-refractivity contribution >= 4 is 28.4 Å². The molecule has 28 heavy (non-hydrogen) atoms. The van der Waals surface area contributed by atoms with E-state index in [0.29, 0.717) is 34.7 Å². The molecule has 146 valence electrons. The van der Waals surface area contributed by atoms with Crippen molar-refractivity contribution in [1.29, 1.82) is 0 Å². The normalized spacial score (nSPS) is 12.1. The topological polar surface area (TPSA) is 55.2 Å². The van der Waals surface area contributed by atoms with Gasteiger partial charge in [-0.2, -0.15) is 0 Å². The van der Waals surface area contributed by atoms with Crippen LogP contribution in [0.4, 0.5) is 0 Å². The molecule has 0 bridgehead atoms. The lowest BCUT2D eigenvalue weighted by Crippen LogP contribution is -2.38. The Kier molecular flexibility index (Phi) is 6.15. The van der Waals surface area contributed by atoms with E-state index in [9.17, 15) is 9.59 Å². The van der Waals surface area contributed by atoms with Gasteiger partial charge < -0.3 is 4.90 Å². The molecule has 0 saturated heterocycles. The third kappa shape index (κ3) is 4.09. The van der Waals surface area contributed by atoms with Gasteiger partial charge in [0.15, 0.2) is 0 Å². The monoisotopic (exact) mass is 397 g/mol. The van der Waals surface area contributed by atoms with Crippen LogP contribution >= 0.6 is 11.6 Å². The standard InChI is InChI=1S/C22H24ClN3O2/c1-4-20(27)26(13-12-16-8-6-5-7-9-16)15(2)21-24-19-14-17(23)10-11-18(19)22(28)25(21)3/h5-11,14-15H,4,12-13H2,1-3H3. The largest absolute Gasteiger partial charge is 0.332 e. The minimum absolute atomic E-state index is 0.0314. The van der Waals surface area contributed by atoms with Gasteiger partial charge in [-0.15, -0.1) is 0 Å². The zero-order chi connectivity index (χ0) is 20.3. The molecule has 1 unspecified atom stereocenters. The van der Waals surface area contributed by atoms with E-state index >= 15 is 0 Å². The van der Waals surface area contributed by atoms with Crippen molar-refractivity contribution in [2.24, 2.45) is 7.05 Å². The van der Waals surface area contributed by atoms with Crippen LogP contribution in [0, 0.1) is 0 Å². The van der Waals surface area contributed by atoms with Crippen molar-refractivity contribution in [3.8, 4) is 0 Å². The van der Waals surface area contributed by atoms with Crippen LogP contribution in [0.25, 0.3) is 10.9 Å².